The monoisotopic (exact) mass is 546 g/mol. The fraction of sp³-hybridized carbons (Fsp3) is 0.276. The van der Waals surface area contributed by atoms with Gasteiger partial charge in [-0.05, 0) is 41.5 Å². The summed E-state index contributed by atoms with van der Waals surface area (Å²) >= 11 is 0. The first-order valence-electron chi connectivity index (χ1n) is 12.9. The van der Waals surface area contributed by atoms with E-state index in [-0.39, 0.29) is 38.0 Å². The SMILES string of the molecule is NC(=O)[C@@H](CCCN=C(N)N[N+](=O)[O-])N(Cc1ccc(CCO)cc1)C(=O)C(c1ccccc1)c1ccccc1. The first-order valence-corrected chi connectivity index (χ1v) is 12.9. The number of amides is 2. The highest BCUT2D eigenvalue weighted by atomic mass is 16.7. The molecule has 3 aromatic carbocycles. The number of nitrogens with one attached hydrogen (secondary N) is 1. The molecule has 0 bridgehead atoms. The number of primary amides is 1. The number of aliphatic hydroxyl groups excluding tert-OH is 1. The average molecular weight is 547 g/mol. The minimum Gasteiger partial charge on any atom is -0.396 e. The van der Waals surface area contributed by atoms with Crippen LogP contribution in [0.3, 0.4) is 0 Å². The van der Waals surface area contributed by atoms with Crippen molar-refractivity contribution in [3.63, 3.8) is 0 Å². The summed E-state index contributed by atoms with van der Waals surface area (Å²) < 4.78 is 0. The molecule has 3 aromatic rings. The zero-order valence-corrected chi connectivity index (χ0v) is 22.1. The number of benzene rings is 3. The number of hydrogen-bond donors (Lipinski definition) is 4. The number of hydrogen-bond acceptors (Lipinski definition) is 6. The third-order valence-electron chi connectivity index (χ3n) is 6.40. The maximum atomic E-state index is 14.4. The van der Waals surface area contributed by atoms with Crippen molar-refractivity contribution in [3.05, 3.63) is 117 Å². The van der Waals surface area contributed by atoms with Crippen molar-refractivity contribution >= 4 is 17.8 Å². The Morgan fingerprint density at radius 3 is 1.98 bits per heavy atom. The van der Waals surface area contributed by atoms with Gasteiger partial charge in [-0.1, -0.05) is 90.4 Å². The Kier molecular flexibility index (Phi) is 11.2. The Labute approximate surface area is 232 Å². The zero-order valence-electron chi connectivity index (χ0n) is 22.1. The Hall–Kier alpha value is -4.77. The summed E-state index contributed by atoms with van der Waals surface area (Å²) in [5.41, 5.74) is 16.4. The van der Waals surface area contributed by atoms with E-state index in [1.54, 1.807) is 5.43 Å². The molecule has 40 heavy (non-hydrogen) atoms. The number of hydrazine groups is 1. The summed E-state index contributed by atoms with van der Waals surface area (Å²) in [6.45, 7) is 0.235. The molecule has 0 aromatic heterocycles. The van der Waals surface area contributed by atoms with Crippen LogP contribution in [-0.4, -0.2) is 52.0 Å². The van der Waals surface area contributed by atoms with Crippen molar-refractivity contribution in [2.24, 2.45) is 16.5 Å². The van der Waals surface area contributed by atoms with Gasteiger partial charge in [0.2, 0.25) is 11.8 Å². The normalized spacial score (nSPS) is 12.1. The van der Waals surface area contributed by atoms with E-state index < -0.39 is 22.9 Å². The largest absolute Gasteiger partial charge is 0.396 e. The van der Waals surface area contributed by atoms with Crippen LogP contribution in [0.4, 0.5) is 0 Å². The smallest absolute Gasteiger partial charge is 0.251 e. The van der Waals surface area contributed by atoms with Crippen LogP contribution in [0.2, 0.25) is 0 Å². The van der Waals surface area contributed by atoms with E-state index in [0.717, 1.165) is 22.3 Å². The van der Waals surface area contributed by atoms with Crippen molar-refractivity contribution in [1.82, 2.24) is 10.3 Å². The third-order valence-corrected chi connectivity index (χ3v) is 6.40. The van der Waals surface area contributed by atoms with Crippen LogP contribution < -0.4 is 16.9 Å². The van der Waals surface area contributed by atoms with Crippen LogP contribution >= 0.6 is 0 Å². The molecule has 11 nitrogen and oxygen atoms in total. The van der Waals surface area contributed by atoms with Crippen LogP contribution in [0.15, 0.2) is 89.9 Å². The van der Waals surface area contributed by atoms with Gasteiger partial charge in [0.05, 0.1) is 5.92 Å². The van der Waals surface area contributed by atoms with Crippen LogP contribution in [0, 0.1) is 10.1 Å². The minimum atomic E-state index is -0.973. The molecular formula is C29H34N6O5. The maximum Gasteiger partial charge on any atom is 0.251 e. The second-order valence-electron chi connectivity index (χ2n) is 9.21. The van der Waals surface area contributed by atoms with E-state index in [1.807, 2.05) is 84.9 Å². The van der Waals surface area contributed by atoms with E-state index in [0.29, 0.717) is 12.8 Å². The second kappa shape index (κ2) is 15.0. The highest BCUT2D eigenvalue weighted by Crippen LogP contribution is 2.29. The highest BCUT2D eigenvalue weighted by Gasteiger charge is 2.34. The summed E-state index contributed by atoms with van der Waals surface area (Å²) in [6.07, 6.45) is 0.981. The van der Waals surface area contributed by atoms with Gasteiger partial charge in [0.25, 0.3) is 5.96 Å². The standard InChI is InChI=1S/C29H34N6O5/c30-27(37)25(12-7-18-32-29(31)33-35(39)40)34(20-22-15-13-21(14-16-22)17-19-36)28(38)26(23-8-3-1-4-9-23)24-10-5-2-6-11-24/h1-6,8-11,13-16,25-26,36H,7,12,17-20H2,(H2,30,37)(H3,31,32,33)/t25-/m1/s1. The van der Waals surface area contributed by atoms with Gasteiger partial charge in [0.15, 0.2) is 5.03 Å². The Bertz CT molecular complexity index is 1250. The Balaban J connectivity index is 1.96. The Morgan fingerprint density at radius 2 is 1.48 bits per heavy atom. The number of nitrogens with two attached hydrogens (primary N) is 2. The molecule has 0 heterocycles. The molecule has 0 spiro atoms. The second-order valence-corrected chi connectivity index (χ2v) is 9.21. The molecule has 210 valence electrons. The fourth-order valence-electron chi connectivity index (χ4n) is 4.48. The van der Waals surface area contributed by atoms with Gasteiger partial charge in [0, 0.05) is 19.7 Å². The first-order chi connectivity index (χ1) is 19.3. The van der Waals surface area contributed by atoms with Crippen LogP contribution in [0.1, 0.15) is 41.0 Å². The van der Waals surface area contributed by atoms with Gasteiger partial charge < -0.3 is 21.5 Å². The zero-order chi connectivity index (χ0) is 28.9. The maximum absolute atomic E-state index is 14.4. The van der Waals surface area contributed by atoms with Crippen molar-refractivity contribution < 1.29 is 19.7 Å². The number of aliphatic hydroxyl groups is 1. The molecular weight excluding hydrogens is 512 g/mol. The lowest BCUT2D eigenvalue weighted by molar-refractivity contribution is -0.525. The van der Waals surface area contributed by atoms with Crippen molar-refractivity contribution in [2.45, 2.75) is 37.8 Å². The lowest BCUT2D eigenvalue weighted by Gasteiger charge is -2.33. The van der Waals surface area contributed by atoms with E-state index in [9.17, 15) is 24.8 Å². The van der Waals surface area contributed by atoms with Gasteiger partial charge >= 0.3 is 0 Å². The molecule has 0 saturated heterocycles. The number of guanidine groups is 1. The Morgan fingerprint density at radius 1 is 0.925 bits per heavy atom. The van der Waals surface area contributed by atoms with Crippen LogP contribution in [0.5, 0.6) is 0 Å². The number of carbonyl (C=O) groups is 2. The van der Waals surface area contributed by atoms with Gasteiger partial charge in [-0.25, -0.2) is 15.1 Å². The van der Waals surface area contributed by atoms with Crippen LogP contribution in [-0.2, 0) is 22.6 Å². The van der Waals surface area contributed by atoms with Gasteiger partial charge in [-0.2, -0.15) is 0 Å². The quantitative estimate of drug-likeness (QED) is 0.0786. The van der Waals surface area contributed by atoms with E-state index in [4.69, 9.17) is 11.5 Å². The van der Waals surface area contributed by atoms with E-state index >= 15 is 0 Å². The van der Waals surface area contributed by atoms with Gasteiger partial charge in [0.1, 0.15) is 6.04 Å². The molecule has 0 fully saturated rings. The number of aliphatic imine (C=N–C) groups is 1. The highest BCUT2D eigenvalue weighted by molar-refractivity contribution is 5.92. The third kappa shape index (κ3) is 8.63. The summed E-state index contributed by atoms with van der Waals surface area (Å²) in [4.78, 5) is 43.1. The molecule has 0 saturated carbocycles. The molecule has 3 rings (SSSR count). The van der Waals surface area contributed by atoms with Gasteiger partial charge in [-0.3, -0.25) is 9.59 Å². The molecule has 0 aliphatic carbocycles. The molecule has 0 aliphatic heterocycles. The van der Waals surface area contributed by atoms with Crippen LogP contribution in [0.25, 0.3) is 0 Å². The number of carbonyl (C=O) groups excluding carboxylic acids is 2. The predicted molar refractivity (Wildman–Crippen MR) is 151 cm³/mol. The van der Waals surface area contributed by atoms with Crippen molar-refractivity contribution in [2.75, 3.05) is 13.2 Å². The average Bonchev–Trinajstić information content (AvgIpc) is 2.94. The molecule has 0 aliphatic rings. The molecule has 0 radical (unpaired) electrons. The van der Waals surface area contributed by atoms with E-state index in [1.165, 1.54) is 4.90 Å². The molecule has 1 atom stereocenters. The molecule has 6 N–H and O–H groups in total. The lowest BCUT2D eigenvalue weighted by Crippen LogP contribution is -2.49. The summed E-state index contributed by atoms with van der Waals surface area (Å²) in [7, 11) is 0. The number of nitro groups is 1. The predicted octanol–water partition coefficient (Wildman–Crippen LogP) is 2.11. The molecule has 0 unspecified atom stereocenters. The van der Waals surface area contributed by atoms with Crippen molar-refractivity contribution in [3.8, 4) is 0 Å². The molecule has 2 amide bonds. The number of nitrogens with zero attached hydrogens (tertiary/aromatic N) is 3. The van der Waals surface area contributed by atoms with E-state index in [2.05, 4.69) is 4.99 Å². The minimum absolute atomic E-state index is 0.0215. The topological polar surface area (TPSA) is 177 Å². The summed E-state index contributed by atoms with van der Waals surface area (Å²) in [5, 5.41) is 19.0. The fourth-order valence-corrected chi connectivity index (χ4v) is 4.48. The summed E-state index contributed by atoms with van der Waals surface area (Å²) in [6, 6.07) is 25.1. The summed E-state index contributed by atoms with van der Waals surface area (Å²) in [5.74, 6) is -2.01. The first kappa shape index (κ1) is 29.8. The lowest BCUT2D eigenvalue weighted by atomic mass is 9.89. The van der Waals surface area contributed by atoms with Crippen molar-refractivity contribution in [1.29, 1.82) is 0 Å². The van der Waals surface area contributed by atoms with Gasteiger partial charge in [-0.15, -0.1) is 0 Å². The number of rotatable bonds is 14. The molecule has 11 heteroatoms.